The number of carbonyl (C=O) groups is 1. The first-order valence-electron chi connectivity index (χ1n) is 8.05. The minimum Gasteiger partial charge on any atom is -0.495 e. The highest BCUT2D eigenvalue weighted by Crippen LogP contribution is 2.32. The van der Waals surface area contributed by atoms with E-state index in [4.69, 9.17) is 9.15 Å². The van der Waals surface area contributed by atoms with Crippen molar-refractivity contribution in [3.63, 3.8) is 0 Å². The minimum atomic E-state index is -0.0233. The van der Waals surface area contributed by atoms with Gasteiger partial charge in [-0.1, -0.05) is 25.5 Å². The van der Waals surface area contributed by atoms with Gasteiger partial charge in [-0.25, -0.2) is 4.98 Å². The van der Waals surface area contributed by atoms with Crippen LogP contribution < -0.4 is 10.1 Å². The van der Waals surface area contributed by atoms with Crippen LogP contribution in [0.5, 0.6) is 5.75 Å². The molecule has 2 aromatic carbocycles. The van der Waals surface area contributed by atoms with Crippen LogP contribution in [0.2, 0.25) is 0 Å². The Morgan fingerprint density at radius 3 is 2.83 bits per heavy atom. The van der Waals surface area contributed by atoms with Gasteiger partial charge in [-0.3, -0.25) is 4.79 Å². The first-order chi connectivity index (χ1) is 11.7. The second kappa shape index (κ2) is 7.17. The quantitative estimate of drug-likeness (QED) is 0.718. The van der Waals surface area contributed by atoms with Crippen LogP contribution >= 0.6 is 0 Å². The van der Waals surface area contributed by atoms with E-state index in [0.29, 0.717) is 23.7 Å². The number of hydrogen-bond acceptors (Lipinski definition) is 4. The zero-order valence-electron chi connectivity index (χ0n) is 13.8. The lowest BCUT2D eigenvalue weighted by atomic mass is 10.1. The number of aromatic nitrogens is 1. The van der Waals surface area contributed by atoms with Gasteiger partial charge in [-0.05, 0) is 36.8 Å². The molecule has 0 saturated heterocycles. The van der Waals surface area contributed by atoms with E-state index < -0.39 is 0 Å². The smallest absolute Gasteiger partial charge is 0.227 e. The van der Waals surface area contributed by atoms with Crippen molar-refractivity contribution in [2.24, 2.45) is 0 Å². The Bertz CT molecular complexity index is 822. The summed E-state index contributed by atoms with van der Waals surface area (Å²) >= 11 is 0. The van der Waals surface area contributed by atoms with E-state index >= 15 is 0 Å². The predicted octanol–water partition coefficient (Wildman–Crippen LogP) is 4.63. The highest BCUT2D eigenvalue weighted by Gasteiger charge is 2.13. The number of fused-ring (bicyclic) bond motifs is 1. The van der Waals surface area contributed by atoms with Gasteiger partial charge in [0.05, 0.1) is 12.8 Å². The van der Waals surface area contributed by atoms with Gasteiger partial charge in [-0.2, -0.15) is 0 Å². The molecule has 0 saturated carbocycles. The molecule has 124 valence electrons. The topological polar surface area (TPSA) is 64.4 Å². The molecule has 0 aliphatic rings. The van der Waals surface area contributed by atoms with Crippen LogP contribution in [-0.4, -0.2) is 18.0 Å². The number of amides is 1. The maximum absolute atomic E-state index is 12.0. The summed E-state index contributed by atoms with van der Waals surface area (Å²) in [7, 11) is 1.58. The molecule has 0 unspecified atom stereocenters. The summed E-state index contributed by atoms with van der Waals surface area (Å²) < 4.78 is 11.1. The Morgan fingerprint density at radius 1 is 1.25 bits per heavy atom. The average Bonchev–Trinajstić information content (AvgIpc) is 3.04. The number of anilines is 1. The summed E-state index contributed by atoms with van der Waals surface area (Å²) in [5.74, 6) is 1.10. The molecule has 5 nitrogen and oxygen atoms in total. The van der Waals surface area contributed by atoms with Crippen molar-refractivity contribution in [2.75, 3.05) is 12.4 Å². The van der Waals surface area contributed by atoms with E-state index in [1.54, 1.807) is 13.2 Å². The molecule has 1 N–H and O–H groups in total. The number of para-hydroxylation sites is 2. The molecule has 0 aliphatic heterocycles. The zero-order chi connectivity index (χ0) is 16.9. The van der Waals surface area contributed by atoms with E-state index in [0.717, 1.165) is 29.5 Å². The highest BCUT2D eigenvalue weighted by molar-refractivity contribution is 5.93. The first-order valence-corrected chi connectivity index (χ1v) is 8.05. The predicted molar refractivity (Wildman–Crippen MR) is 94.2 cm³/mol. The number of unbranched alkanes of at least 4 members (excludes halogenated alkanes) is 1. The minimum absolute atomic E-state index is 0.0233. The number of rotatable bonds is 6. The number of hydrogen-bond donors (Lipinski definition) is 1. The van der Waals surface area contributed by atoms with Crippen molar-refractivity contribution in [1.29, 1.82) is 0 Å². The van der Waals surface area contributed by atoms with Crippen molar-refractivity contribution < 1.29 is 13.9 Å². The number of carbonyl (C=O) groups excluding carboxylic acids is 1. The molecule has 0 atom stereocenters. The summed E-state index contributed by atoms with van der Waals surface area (Å²) in [4.78, 5) is 16.5. The number of nitrogens with zero attached hydrogens (tertiary/aromatic N) is 1. The molecule has 0 spiro atoms. The van der Waals surface area contributed by atoms with E-state index in [1.807, 2.05) is 36.4 Å². The third kappa shape index (κ3) is 3.40. The number of benzene rings is 2. The summed E-state index contributed by atoms with van der Waals surface area (Å²) in [6.45, 7) is 2.06. The van der Waals surface area contributed by atoms with E-state index in [1.165, 1.54) is 0 Å². The van der Waals surface area contributed by atoms with Crippen LogP contribution in [0.4, 0.5) is 5.69 Å². The van der Waals surface area contributed by atoms with Crippen LogP contribution in [0.1, 0.15) is 26.2 Å². The van der Waals surface area contributed by atoms with Gasteiger partial charge in [0.25, 0.3) is 0 Å². The standard InChI is InChI=1S/C19H20N2O3/c1-3-4-9-18(22)20-15-12-13(10-11-16(15)23-2)19-21-14-7-5-6-8-17(14)24-19/h5-8,10-12H,3-4,9H2,1-2H3,(H,20,22). The molecule has 3 aromatic rings. The highest BCUT2D eigenvalue weighted by atomic mass is 16.5. The lowest BCUT2D eigenvalue weighted by Crippen LogP contribution is -2.11. The maximum Gasteiger partial charge on any atom is 0.227 e. The molecule has 0 fully saturated rings. The molecule has 1 heterocycles. The number of nitrogens with one attached hydrogen (secondary N) is 1. The van der Waals surface area contributed by atoms with Gasteiger partial charge in [-0.15, -0.1) is 0 Å². The normalized spacial score (nSPS) is 10.8. The largest absolute Gasteiger partial charge is 0.495 e. The Balaban J connectivity index is 1.91. The first kappa shape index (κ1) is 16.1. The van der Waals surface area contributed by atoms with Crippen LogP contribution in [0.15, 0.2) is 46.9 Å². The molecule has 0 aliphatic carbocycles. The van der Waals surface area contributed by atoms with E-state index in [2.05, 4.69) is 17.2 Å². The van der Waals surface area contributed by atoms with Crippen LogP contribution in [-0.2, 0) is 4.79 Å². The van der Waals surface area contributed by atoms with Gasteiger partial charge >= 0.3 is 0 Å². The van der Waals surface area contributed by atoms with Crippen molar-refractivity contribution >= 4 is 22.7 Å². The third-order valence-corrected chi connectivity index (χ3v) is 3.77. The fraction of sp³-hybridized carbons (Fsp3) is 0.263. The Morgan fingerprint density at radius 2 is 2.08 bits per heavy atom. The van der Waals surface area contributed by atoms with Crippen LogP contribution in [0, 0.1) is 0 Å². The van der Waals surface area contributed by atoms with E-state index in [9.17, 15) is 4.79 Å². The fourth-order valence-corrected chi connectivity index (χ4v) is 2.48. The maximum atomic E-state index is 12.0. The van der Waals surface area contributed by atoms with E-state index in [-0.39, 0.29) is 5.91 Å². The van der Waals surface area contributed by atoms with Crippen molar-refractivity contribution in [1.82, 2.24) is 4.98 Å². The lowest BCUT2D eigenvalue weighted by Gasteiger charge is -2.11. The number of methoxy groups -OCH3 is 1. The van der Waals surface area contributed by atoms with Crippen LogP contribution in [0.25, 0.3) is 22.6 Å². The Kier molecular flexibility index (Phi) is 4.79. The van der Waals surface area contributed by atoms with Gasteiger partial charge in [0.1, 0.15) is 11.3 Å². The molecule has 1 aromatic heterocycles. The second-order valence-electron chi connectivity index (χ2n) is 5.55. The van der Waals surface area contributed by atoms with Crippen LogP contribution in [0.3, 0.4) is 0 Å². The average molecular weight is 324 g/mol. The van der Waals surface area contributed by atoms with Gasteiger partial charge in [0.15, 0.2) is 5.58 Å². The van der Waals surface area contributed by atoms with Crippen molar-refractivity contribution in [3.8, 4) is 17.2 Å². The van der Waals surface area contributed by atoms with Crippen molar-refractivity contribution in [3.05, 3.63) is 42.5 Å². The molecule has 5 heteroatoms. The van der Waals surface area contributed by atoms with Gasteiger partial charge < -0.3 is 14.5 Å². The third-order valence-electron chi connectivity index (χ3n) is 3.77. The summed E-state index contributed by atoms with van der Waals surface area (Å²) in [6.07, 6.45) is 2.33. The molecule has 3 rings (SSSR count). The molecule has 0 radical (unpaired) electrons. The SMILES string of the molecule is CCCCC(=O)Nc1cc(-c2nc3ccccc3o2)ccc1OC. The molecule has 24 heavy (non-hydrogen) atoms. The van der Waals surface area contributed by atoms with Gasteiger partial charge in [0, 0.05) is 12.0 Å². The van der Waals surface area contributed by atoms with Crippen molar-refractivity contribution in [2.45, 2.75) is 26.2 Å². The molecule has 1 amide bonds. The Hall–Kier alpha value is -2.82. The second-order valence-corrected chi connectivity index (χ2v) is 5.55. The molecular weight excluding hydrogens is 304 g/mol. The monoisotopic (exact) mass is 324 g/mol. The lowest BCUT2D eigenvalue weighted by molar-refractivity contribution is -0.116. The molecular formula is C19H20N2O3. The zero-order valence-corrected chi connectivity index (χ0v) is 13.8. The number of oxazole rings is 1. The summed E-state index contributed by atoms with van der Waals surface area (Å²) in [5.41, 5.74) is 2.95. The molecule has 0 bridgehead atoms. The Labute approximate surface area is 140 Å². The van der Waals surface area contributed by atoms with Gasteiger partial charge in [0.2, 0.25) is 11.8 Å². The summed E-state index contributed by atoms with van der Waals surface area (Å²) in [5, 5.41) is 2.91. The fourth-order valence-electron chi connectivity index (χ4n) is 2.48. The number of ether oxygens (including phenoxy) is 1. The summed E-state index contributed by atoms with van der Waals surface area (Å²) in [6, 6.07) is 13.1.